The van der Waals surface area contributed by atoms with Gasteiger partial charge in [0.1, 0.15) is 11.9 Å². The maximum absolute atomic E-state index is 13.4. The number of benzene rings is 1. The molecule has 7 nitrogen and oxygen atoms in total. The van der Waals surface area contributed by atoms with Crippen LogP contribution in [0.1, 0.15) is 13.8 Å². The van der Waals surface area contributed by atoms with Gasteiger partial charge in [0.05, 0.1) is 10.6 Å². The molecule has 1 rings (SSSR count). The Balaban J connectivity index is 3.13. The van der Waals surface area contributed by atoms with Gasteiger partial charge < -0.3 is 10.4 Å². The lowest BCUT2D eigenvalue weighted by molar-refractivity contribution is -0.138. The first-order valence-electron chi connectivity index (χ1n) is 5.46. The standard InChI is InChI=1S/C11H13FN2O5S/c1-6(11(16)17)14-20(18,19)8-3-4-9(12)10(5-8)13-7(2)15/h3-6,14H,1-2H3,(H,13,15)(H,16,17)/t6-/m0/s1. The zero-order valence-electron chi connectivity index (χ0n) is 10.7. The second-order valence-electron chi connectivity index (χ2n) is 4.00. The molecule has 0 saturated carbocycles. The molecule has 0 aliphatic heterocycles. The summed E-state index contributed by atoms with van der Waals surface area (Å²) in [5.74, 6) is -2.71. The van der Waals surface area contributed by atoms with Gasteiger partial charge >= 0.3 is 5.97 Å². The van der Waals surface area contributed by atoms with Crippen LogP contribution in [0, 0.1) is 5.82 Å². The first-order chi connectivity index (χ1) is 9.13. The molecule has 20 heavy (non-hydrogen) atoms. The van der Waals surface area contributed by atoms with Crippen molar-refractivity contribution in [3.05, 3.63) is 24.0 Å². The molecule has 3 N–H and O–H groups in total. The zero-order chi connectivity index (χ0) is 15.5. The molecule has 0 spiro atoms. The summed E-state index contributed by atoms with van der Waals surface area (Å²) in [6, 6.07) is 1.41. The summed E-state index contributed by atoms with van der Waals surface area (Å²) in [5, 5.41) is 10.8. The van der Waals surface area contributed by atoms with E-state index >= 15 is 0 Å². The number of rotatable bonds is 5. The van der Waals surface area contributed by atoms with Crippen LogP contribution in [-0.4, -0.2) is 31.4 Å². The largest absolute Gasteiger partial charge is 0.480 e. The number of hydrogen-bond acceptors (Lipinski definition) is 4. The van der Waals surface area contributed by atoms with Crippen LogP contribution in [0.25, 0.3) is 0 Å². The number of amides is 1. The average Bonchev–Trinajstić information content (AvgIpc) is 2.30. The second kappa shape index (κ2) is 5.97. The number of sulfonamides is 1. The molecule has 0 bridgehead atoms. The highest BCUT2D eigenvalue weighted by atomic mass is 32.2. The minimum absolute atomic E-state index is 0.302. The molecule has 0 heterocycles. The normalized spacial score (nSPS) is 12.8. The summed E-state index contributed by atoms with van der Waals surface area (Å²) in [5.41, 5.74) is -0.302. The second-order valence-corrected chi connectivity index (χ2v) is 5.72. The molecule has 0 saturated heterocycles. The molecule has 9 heteroatoms. The van der Waals surface area contributed by atoms with Gasteiger partial charge in [-0.2, -0.15) is 4.72 Å². The molecule has 0 aliphatic carbocycles. The molecule has 0 aromatic heterocycles. The first-order valence-corrected chi connectivity index (χ1v) is 6.94. The van der Waals surface area contributed by atoms with Crippen LogP contribution in [0.2, 0.25) is 0 Å². The molecule has 0 radical (unpaired) electrons. The van der Waals surface area contributed by atoms with Gasteiger partial charge in [0.2, 0.25) is 15.9 Å². The van der Waals surface area contributed by atoms with E-state index in [1.165, 1.54) is 0 Å². The monoisotopic (exact) mass is 304 g/mol. The number of aliphatic carboxylic acids is 1. The lowest BCUT2D eigenvalue weighted by atomic mass is 10.3. The summed E-state index contributed by atoms with van der Waals surface area (Å²) in [6.45, 7) is 2.30. The predicted octanol–water partition coefficient (Wildman–Crippen LogP) is 0.535. The molecule has 1 aromatic rings. The van der Waals surface area contributed by atoms with E-state index in [1.54, 1.807) is 0 Å². The molecular formula is C11H13FN2O5S. The van der Waals surface area contributed by atoms with Crippen molar-refractivity contribution in [1.82, 2.24) is 4.72 Å². The summed E-state index contributed by atoms with van der Waals surface area (Å²) in [6.07, 6.45) is 0. The summed E-state index contributed by atoms with van der Waals surface area (Å²) >= 11 is 0. The molecule has 1 aromatic carbocycles. The third-order valence-corrected chi connectivity index (χ3v) is 3.80. The number of carboxylic acids is 1. The Labute approximate surface area is 114 Å². The number of carboxylic acid groups (broad SMARTS) is 1. The number of hydrogen-bond donors (Lipinski definition) is 3. The van der Waals surface area contributed by atoms with E-state index in [9.17, 15) is 22.4 Å². The van der Waals surface area contributed by atoms with E-state index in [0.717, 1.165) is 32.0 Å². The highest BCUT2D eigenvalue weighted by Crippen LogP contribution is 2.19. The Kier molecular flexibility index (Phi) is 4.79. The fourth-order valence-electron chi connectivity index (χ4n) is 1.31. The maximum atomic E-state index is 13.4. The molecule has 0 unspecified atom stereocenters. The van der Waals surface area contributed by atoms with E-state index in [-0.39, 0.29) is 10.6 Å². The molecule has 0 fully saturated rings. The Hall–Kier alpha value is -2.00. The number of carbonyl (C=O) groups is 2. The molecule has 1 atom stereocenters. The lowest BCUT2D eigenvalue weighted by Crippen LogP contribution is -2.38. The zero-order valence-corrected chi connectivity index (χ0v) is 11.5. The molecular weight excluding hydrogens is 291 g/mol. The Morgan fingerprint density at radius 3 is 2.45 bits per heavy atom. The predicted molar refractivity (Wildman–Crippen MR) is 68.1 cm³/mol. The number of nitrogens with one attached hydrogen (secondary N) is 2. The van der Waals surface area contributed by atoms with Crippen LogP contribution in [-0.2, 0) is 19.6 Å². The van der Waals surface area contributed by atoms with Gasteiger partial charge in [0.15, 0.2) is 0 Å². The summed E-state index contributed by atoms with van der Waals surface area (Å²) in [7, 11) is -4.13. The molecule has 0 aliphatic rings. The third kappa shape index (κ3) is 4.00. The highest BCUT2D eigenvalue weighted by molar-refractivity contribution is 7.89. The van der Waals surface area contributed by atoms with E-state index in [4.69, 9.17) is 5.11 Å². The van der Waals surface area contributed by atoms with Gasteiger partial charge in [-0.25, -0.2) is 12.8 Å². The number of anilines is 1. The number of halogens is 1. The van der Waals surface area contributed by atoms with Crippen molar-refractivity contribution in [2.75, 3.05) is 5.32 Å². The summed E-state index contributed by atoms with van der Waals surface area (Å²) in [4.78, 5) is 21.2. The SMILES string of the molecule is CC(=O)Nc1cc(S(=O)(=O)N[C@@H](C)C(=O)O)ccc1F. The van der Waals surface area contributed by atoms with Gasteiger partial charge in [-0.15, -0.1) is 0 Å². The van der Waals surface area contributed by atoms with E-state index in [0.29, 0.717) is 0 Å². The van der Waals surface area contributed by atoms with Crippen molar-refractivity contribution in [3.63, 3.8) is 0 Å². The first kappa shape index (κ1) is 16.1. The van der Waals surface area contributed by atoms with Crippen LogP contribution < -0.4 is 10.0 Å². The van der Waals surface area contributed by atoms with Gasteiger partial charge in [0.25, 0.3) is 0 Å². The Morgan fingerprint density at radius 2 is 1.95 bits per heavy atom. The van der Waals surface area contributed by atoms with E-state index in [2.05, 4.69) is 5.32 Å². The van der Waals surface area contributed by atoms with Gasteiger partial charge in [-0.05, 0) is 25.1 Å². The fourth-order valence-corrected chi connectivity index (χ4v) is 2.53. The number of carbonyl (C=O) groups excluding carboxylic acids is 1. The lowest BCUT2D eigenvalue weighted by Gasteiger charge is -2.11. The van der Waals surface area contributed by atoms with Crippen molar-refractivity contribution >= 4 is 27.6 Å². The van der Waals surface area contributed by atoms with Crippen molar-refractivity contribution in [2.45, 2.75) is 24.8 Å². The van der Waals surface area contributed by atoms with Crippen LogP contribution >= 0.6 is 0 Å². The van der Waals surface area contributed by atoms with Crippen molar-refractivity contribution in [2.24, 2.45) is 0 Å². The van der Waals surface area contributed by atoms with Crippen molar-refractivity contribution < 1.29 is 27.5 Å². The van der Waals surface area contributed by atoms with Crippen molar-refractivity contribution in [3.8, 4) is 0 Å². The van der Waals surface area contributed by atoms with Crippen LogP contribution in [0.3, 0.4) is 0 Å². The topological polar surface area (TPSA) is 113 Å². The molecule has 110 valence electrons. The fraction of sp³-hybridized carbons (Fsp3) is 0.273. The van der Waals surface area contributed by atoms with Gasteiger partial charge in [-0.3, -0.25) is 9.59 Å². The average molecular weight is 304 g/mol. The van der Waals surface area contributed by atoms with Crippen LogP contribution in [0.15, 0.2) is 23.1 Å². The minimum Gasteiger partial charge on any atom is -0.480 e. The van der Waals surface area contributed by atoms with Gasteiger partial charge in [0, 0.05) is 6.92 Å². The smallest absolute Gasteiger partial charge is 0.321 e. The minimum atomic E-state index is -4.13. The Bertz CT molecular complexity index is 644. The third-order valence-electron chi connectivity index (χ3n) is 2.26. The van der Waals surface area contributed by atoms with E-state index < -0.39 is 33.8 Å². The van der Waals surface area contributed by atoms with Crippen LogP contribution in [0.4, 0.5) is 10.1 Å². The van der Waals surface area contributed by atoms with E-state index in [1.807, 2.05) is 4.72 Å². The quantitative estimate of drug-likeness (QED) is 0.734. The molecule has 1 amide bonds. The van der Waals surface area contributed by atoms with Crippen LogP contribution in [0.5, 0.6) is 0 Å². The summed E-state index contributed by atoms with van der Waals surface area (Å²) < 4.78 is 39.1. The van der Waals surface area contributed by atoms with Gasteiger partial charge in [-0.1, -0.05) is 0 Å². The Morgan fingerprint density at radius 1 is 1.35 bits per heavy atom. The highest BCUT2D eigenvalue weighted by Gasteiger charge is 2.22. The maximum Gasteiger partial charge on any atom is 0.321 e. The van der Waals surface area contributed by atoms with Crippen molar-refractivity contribution in [1.29, 1.82) is 0 Å².